The topological polar surface area (TPSA) is 4.36 Å². The summed E-state index contributed by atoms with van der Waals surface area (Å²) in [6.07, 6.45) is 0. The minimum absolute atomic E-state index is 0.0711. The molecular weight excluding hydrogens is 250 g/mol. The quantitative estimate of drug-likeness (QED) is 0.539. The molecule has 0 aliphatic heterocycles. The lowest BCUT2D eigenvalue weighted by molar-refractivity contribution is 0.924. The van der Waals surface area contributed by atoms with Crippen LogP contribution in [0.25, 0.3) is 4.85 Å². The second-order valence-corrected chi connectivity index (χ2v) is 5.64. The van der Waals surface area contributed by atoms with Gasteiger partial charge in [0.15, 0.2) is 0 Å². The van der Waals surface area contributed by atoms with Crippen LogP contribution in [0.15, 0.2) is 53.4 Å². The molecule has 1 atom stereocenters. The average Bonchev–Trinajstić information content (AvgIpc) is 2.46. The summed E-state index contributed by atoms with van der Waals surface area (Å²) >= 11 is 1.81. The maximum atomic E-state index is 7.23. The van der Waals surface area contributed by atoms with E-state index in [9.17, 15) is 0 Å². The molecule has 0 N–H and O–H groups in total. The molecule has 1 unspecified atom stereocenters. The monoisotopic (exact) mass is 267 g/mol. The fourth-order valence-electron chi connectivity index (χ4n) is 1.93. The number of nitrogens with zero attached hydrogens (tertiary/aromatic N) is 1. The Morgan fingerprint density at radius 3 is 2.58 bits per heavy atom. The van der Waals surface area contributed by atoms with Crippen LogP contribution in [0.4, 0.5) is 0 Å². The molecule has 2 aromatic rings. The minimum Gasteiger partial charge on any atom is -0.309 e. The number of hydrogen-bond acceptors (Lipinski definition) is 1. The average molecular weight is 267 g/mol. The Balaban J connectivity index is 2.18. The van der Waals surface area contributed by atoms with Crippen molar-refractivity contribution in [2.24, 2.45) is 0 Å². The first-order valence-corrected chi connectivity index (χ1v) is 7.33. The molecule has 0 aliphatic carbocycles. The highest BCUT2D eigenvalue weighted by Gasteiger charge is 2.14. The van der Waals surface area contributed by atoms with Crippen LogP contribution in [0.3, 0.4) is 0 Å². The maximum absolute atomic E-state index is 7.23. The van der Waals surface area contributed by atoms with E-state index in [0.717, 1.165) is 11.3 Å². The third-order valence-corrected chi connectivity index (χ3v) is 4.21. The van der Waals surface area contributed by atoms with Gasteiger partial charge in [0.25, 0.3) is 0 Å². The SMILES string of the molecule is [C-]#[N+]C(C)c1cc(C)ccc1SCc1ccccc1. The van der Waals surface area contributed by atoms with Crippen molar-refractivity contribution in [2.45, 2.75) is 30.5 Å². The van der Waals surface area contributed by atoms with Gasteiger partial charge in [-0.25, -0.2) is 6.57 Å². The van der Waals surface area contributed by atoms with Gasteiger partial charge in [0.2, 0.25) is 6.04 Å². The number of hydrogen-bond donors (Lipinski definition) is 0. The molecule has 0 saturated heterocycles. The summed E-state index contributed by atoms with van der Waals surface area (Å²) in [5.41, 5.74) is 3.68. The molecule has 0 heterocycles. The Labute approximate surface area is 119 Å². The smallest absolute Gasteiger partial charge is 0.247 e. The first-order valence-electron chi connectivity index (χ1n) is 6.34. The first kappa shape index (κ1) is 13.7. The van der Waals surface area contributed by atoms with Gasteiger partial charge in [-0.1, -0.05) is 42.0 Å². The lowest BCUT2D eigenvalue weighted by Crippen LogP contribution is -1.92. The van der Waals surface area contributed by atoms with Gasteiger partial charge in [0, 0.05) is 23.1 Å². The summed E-state index contributed by atoms with van der Waals surface area (Å²) in [5.74, 6) is 0.946. The van der Waals surface area contributed by atoms with E-state index in [2.05, 4.69) is 54.2 Å². The van der Waals surface area contributed by atoms with Crippen LogP contribution in [0.1, 0.15) is 29.7 Å². The molecule has 0 spiro atoms. The Kier molecular flexibility index (Phi) is 4.65. The molecule has 1 nitrogen and oxygen atoms in total. The van der Waals surface area contributed by atoms with Crippen molar-refractivity contribution in [1.82, 2.24) is 0 Å². The lowest BCUT2D eigenvalue weighted by atomic mass is 10.1. The van der Waals surface area contributed by atoms with Gasteiger partial charge in [-0.2, -0.15) is 0 Å². The van der Waals surface area contributed by atoms with Gasteiger partial charge in [0.1, 0.15) is 0 Å². The molecule has 0 radical (unpaired) electrons. The first-order chi connectivity index (χ1) is 9.20. The van der Waals surface area contributed by atoms with Gasteiger partial charge in [0.05, 0.1) is 0 Å². The molecule has 0 bridgehead atoms. The molecule has 0 aliphatic rings. The Bertz CT molecular complexity index is 584. The van der Waals surface area contributed by atoms with Crippen LogP contribution in [0.2, 0.25) is 0 Å². The molecule has 2 heteroatoms. The molecule has 19 heavy (non-hydrogen) atoms. The normalized spacial score (nSPS) is 11.8. The van der Waals surface area contributed by atoms with Crippen molar-refractivity contribution < 1.29 is 0 Å². The van der Waals surface area contributed by atoms with Crippen LogP contribution in [-0.2, 0) is 5.75 Å². The molecule has 2 aromatic carbocycles. The molecular formula is C17H17NS. The van der Waals surface area contributed by atoms with Crippen LogP contribution in [-0.4, -0.2) is 0 Å². The van der Waals surface area contributed by atoms with E-state index in [0.29, 0.717) is 0 Å². The number of benzene rings is 2. The van der Waals surface area contributed by atoms with E-state index < -0.39 is 0 Å². The van der Waals surface area contributed by atoms with E-state index in [1.807, 2.05) is 24.8 Å². The van der Waals surface area contributed by atoms with Crippen molar-refractivity contribution in [1.29, 1.82) is 0 Å². The zero-order chi connectivity index (χ0) is 13.7. The minimum atomic E-state index is -0.0711. The zero-order valence-corrected chi connectivity index (χ0v) is 12.1. The van der Waals surface area contributed by atoms with Crippen LogP contribution in [0.5, 0.6) is 0 Å². The van der Waals surface area contributed by atoms with Gasteiger partial charge in [-0.15, -0.1) is 11.8 Å². The largest absolute Gasteiger partial charge is 0.309 e. The van der Waals surface area contributed by atoms with E-state index in [1.165, 1.54) is 16.0 Å². The fourth-order valence-corrected chi connectivity index (χ4v) is 3.01. The standard InChI is InChI=1S/C17H17NS/c1-13-9-10-17(16(11-13)14(2)18-3)19-12-15-7-5-4-6-8-15/h4-11,14H,12H2,1-2H3. The number of aryl methyl sites for hydroxylation is 1. The zero-order valence-electron chi connectivity index (χ0n) is 11.3. The van der Waals surface area contributed by atoms with Crippen molar-refractivity contribution in [3.05, 3.63) is 76.6 Å². The van der Waals surface area contributed by atoms with Crippen LogP contribution < -0.4 is 0 Å². The third-order valence-electron chi connectivity index (χ3n) is 3.05. The highest BCUT2D eigenvalue weighted by atomic mass is 32.2. The molecule has 96 valence electrons. The molecule has 0 fully saturated rings. The van der Waals surface area contributed by atoms with E-state index in [-0.39, 0.29) is 6.04 Å². The summed E-state index contributed by atoms with van der Waals surface area (Å²) < 4.78 is 0. The Morgan fingerprint density at radius 2 is 1.89 bits per heavy atom. The number of thioether (sulfide) groups is 1. The van der Waals surface area contributed by atoms with Crippen molar-refractivity contribution >= 4 is 11.8 Å². The van der Waals surface area contributed by atoms with Crippen molar-refractivity contribution in [3.8, 4) is 0 Å². The molecule has 0 amide bonds. The Morgan fingerprint density at radius 1 is 1.16 bits per heavy atom. The van der Waals surface area contributed by atoms with Crippen LogP contribution in [0, 0.1) is 13.5 Å². The summed E-state index contributed by atoms with van der Waals surface area (Å²) in [6.45, 7) is 11.3. The second kappa shape index (κ2) is 6.45. The molecule has 2 rings (SSSR count). The van der Waals surface area contributed by atoms with Gasteiger partial charge in [-0.05, 0) is 24.6 Å². The third kappa shape index (κ3) is 3.62. The summed E-state index contributed by atoms with van der Waals surface area (Å²) in [4.78, 5) is 4.87. The predicted molar refractivity (Wildman–Crippen MR) is 82.2 cm³/mol. The van der Waals surface area contributed by atoms with Crippen LogP contribution >= 0.6 is 11.8 Å². The fraction of sp³-hybridized carbons (Fsp3) is 0.235. The molecule has 0 aromatic heterocycles. The van der Waals surface area contributed by atoms with Gasteiger partial charge in [-0.3, -0.25) is 0 Å². The summed E-state index contributed by atoms with van der Waals surface area (Å²) in [5, 5.41) is 0. The van der Waals surface area contributed by atoms with Gasteiger partial charge < -0.3 is 4.85 Å². The highest BCUT2D eigenvalue weighted by molar-refractivity contribution is 7.98. The second-order valence-electron chi connectivity index (χ2n) is 4.62. The summed E-state index contributed by atoms with van der Waals surface area (Å²) in [6, 6.07) is 16.8. The van der Waals surface area contributed by atoms with Crippen molar-refractivity contribution in [3.63, 3.8) is 0 Å². The van der Waals surface area contributed by atoms with E-state index in [1.54, 1.807) is 0 Å². The van der Waals surface area contributed by atoms with E-state index >= 15 is 0 Å². The predicted octanol–water partition coefficient (Wildman–Crippen LogP) is 5.27. The summed E-state index contributed by atoms with van der Waals surface area (Å²) in [7, 11) is 0. The van der Waals surface area contributed by atoms with Gasteiger partial charge >= 0.3 is 0 Å². The Hall–Kier alpha value is -1.72. The number of rotatable bonds is 4. The maximum Gasteiger partial charge on any atom is 0.247 e. The highest BCUT2D eigenvalue weighted by Crippen LogP contribution is 2.32. The van der Waals surface area contributed by atoms with Crippen molar-refractivity contribution in [2.75, 3.05) is 0 Å². The van der Waals surface area contributed by atoms with E-state index in [4.69, 9.17) is 6.57 Å². The lowest BCUT2D eigenvalue weighted by Gasteiger charge is -2.09. The molecule has 0 saturated carbocycles.